The van der Waals surface area contributed by atoms with Gasteiger partial charge in [0.15, 0.2) is 5.78 Å². The number of anilines is 1. The molecule has 1 amide bonds. The molecule has 0 saturated carbocycles. The van der Waals surface area contributed by atoms with Crippen molar-refractivity contribution in [2.24, 2.45) is 0 Å². The predicted molar refractivity (Wildman–Crippen MR) is 125 cm³/mol. The van der Waals surface area contributed by atoms with Gasteiger partial charge in [-0.15, -0.1) is 0 Å². The molecule has 3 rings (SSSR count). The summed E-state index contributed by atoms with van der Waals surface area (Å²) in [5, 5.41) is 4.90. The summed E-state index contributed by atoms with van der Waals surface area (Å²) in [6.07, 6.45) is 3.58. The van der Waals surface area contributed by atoms with Gasteiger partial charge in [-0.1, -0.05) is 49.7 Å². The van der Waals surface area contributed by atoms with E-state index in [1.54, 1.807) is 24.3 Å². The summed E-state index contributed by atoms with van der Waals surface area (Å²) in [7, 11) is 0. The lowest BCUT2D eigenvalue weighted by molar-refractivity contribution is -0.116. The van der Waals surface area contributed by atoms with Crippen molar-refractivity contribution in [3.8, 4) is 0 Å². The Morgan fingerprint density at radius 3 is 2.50 bits per heavy atom. The number of benzene rings is 2. The Balaban J connectivity index is 1.59. The standard InChI is InChI=1S/C25H28N2O2S/c1-4-5-6-10-23(29)26-20-13-11-19(12-14-20)22(28)16-30-24-15-18(3)21-9-7-8-17(2)25(21)27-24/h7-9,11-15H,4-6,10,16H2,1-3H3,(H,26,29). The van der Waals surface area contributed by atoms with Crippen molar-refractivity contribution in [3.63, 3.8) is 0 Å². The minimum atomic E-state index is 0.0196. The summed E-state index contributed by atoms with van der Waals surface area (Å²) in [6, 6.07) is 15.3. The number of fused-ring (bicyclic) bond motifs is 1. The van der Waals surface area contributed by atoms with Gasteiger partial charge in [-0.2, -0.15) is 0 Å². The molecule has 156 valence electrons. The molecular formula is C25H28N2O2S. The van der Waals surface area contributed by atoms with Crippen molar-refractivity contribution in [1.82, 2.24) is 4.98 Å². The summed E-state index contributed by atoms with van der Waals surface area (Å²) in [5.74, 6) is 0.392. The third kappa shape index (κ3) is 5.70. The van der Waals surface area contributed by atoms with Gasteiger partial charge in [0.2, 0.25) is 5.91 Å². The van der Waals surface area contributed by atoms with Crippen LogP contribution in [0.15, 0.2) is 53.6 Å². The van der Waals surface area contributed by atoms with Crippen molar-refractivity contribution in [1.29, 1.82) is 0 Å². The minimum absolute atomic E-state index is 0.0196. The molecule has 0 radical (unpaired) electrons. The first-order valence-corrected chi connectivity index (χ1v) is 11.4. The monoisotopic (exact) mass is 420 g/mol. The van der Waals surface area contributed by atoms with Gasteiger partial charge in [-0.25, -0.2) is 4.98 Å². The number of nitrogens with one attached hydrogen (secondary N) is 1. The van der Waals surface area contributed by atoms with Crippen LogP contribution in [0.25, 0.3) is 10.9 Å². The lowest BCUT2D eigenvalue weighted by atomic mass is 10.1. The second kappa shape index (κ2) is 10.4. The lowest BCUT2D eigenvalue weighted by Gasteiger charge is -2.08. The summed E-state index contributed by atoms with van der Waals surface area (Å²) in [4.78, 5) is 29.3. The summed E-state index contributed by atoms with van der Waals surface area (Å²) in [5.41, 5.74) is 4.66. The van der Waals surface area contributed by atoms with Crippen molar-refractivity contribution < 1.29 is 9.59 Å². The number of aromatic nitrogens is 1. The number of carbonyl (C=O) groups excluding carboxylic acids is 2. The van der Waals surface area contributed by atoms with Crippen LogP contribution < -0.4 is 5.32 Å². The minimum Gasteiger partial charge on any atom is -0.326 e. The maximum Gasteiger partial charge on any atom is 0.224 e. The maximum atomic E-state index is 12.6. The number of carbonyl (C=O) groups is 2. The molecule has 30 heavy (non-hydrogen) atoms. The van der Waals surface area contributed by atoms with Gasteiger partial charge in [0, 0.05) is 23.1 Å². The van der Waals surface area contributed by atoms with E-state index in [-0.39, 0.29) is 11.7 Å². The van der Waals surface area contributed by atoms with E-state index in [0.717, 1.165) is 52.0 Å². The van der Waals surface area contributed by atoms with Gasteiger partial charge in [0.1, 0.15) is 0 Å². The van der Waals surface area contributed by atoms with Crippen molar-refractivity contribution in [2.45, 2.75) is 51.5 Å². The number of hydrogen-bond acceptors (Lipinski definition) is 4. The van der Waals surface area contributed by atoms with Crippen LogP contribution in [-0.4, -0.2) is 22.4 Å². The molecule has 0 aliphatic rings. The molecule has 0 spiro atoms. The van der Waals surface area contributed by atoms with E-state index < -0.39 is 0 Å². The van der Waals surface area contributed by atoms with Crippen LogP contribution in [0, 0.1) is 13.8 Å². The molecule has 0 aliphatic carbocycles. The van der Waals surface area contributed by atoms with E-state index in [4.69, 9.17) is 4.98 Å². The van der Waals surface area contributed by atoms with Crippen LogP contribution in [0.2, 0.25) is 0 Å². The molecule has 0 atom stereocenters. The molecule has 2 aromatic carbocycles. The van der Waals surface area contributed by atoms with E-state index >= 15 is 0 Å². The number of nitrogens with zero attached hydrogens (tertiary/aromatic N) is 1. The third-order valence-corrected chi connectivity index (χ3v) is 5.99. The zero-order valence-corrected chi connectivity index (χ0v) is 18.6. The number of pyridine rings is 1. The van der Waals surface area contributed by atoms with Crippen LogP contribution in [-0.2, 0) is 4.79 Å². The quantitative estimate of drug-likeness (QED) is 0.249. The molecule has 0 unspecified atom stereocenters. The van der Waals surface area contributed by atoms with E-state index in [1.165, 1.54) is 11.8 Å². The van der Waals surface area contributed by atoms with Gasteiger partial charge >= 0.3 is 0 Å². The SMILES string of the molecule is CCCCCC(=O)Nc1ccc(C(=O)CSc2cc(C)c3cccc(C)c3n2)cc1. The molecule has 0 fully saturated rings. The fourth-order valence-electron chi connectivity index (χ4n) is 3.33. The molecule has 1 aromatic heterocycles. The number of unbranched alkanes of at least 4 members (excludes halogenated alkanes) is 2. The smallest absolute Gasteiger partial charge is 0.224 e. The average Bonchev–Trinajstić information content (AvgIpc) is 2.73. The van der Waals surface area contributed by atoms with Crippen LogP contribution in [0.4, 0.5) is 5.69 Å². The zero-order chi connectivity index (χ0) is 21.5. The summed E-state index contributed by atoms with van der Waals surface area (Å²) in [6.45, 7) is 6.24. The topological polar surface area (TPSA) is 59.1 Å². The van der Waals surface area contributed by atoms with Crippen molar-refractivity contribution >= 4 is 40.0 Å². The third-order valence-electron chi connectivity index (χ3n) is 5.07. The van der Waals surface area contributed by atoms with Crippen LogP contribution in [0.5, 0.6) is 0 Å². The average molecular weight is 421 g/mol. The fraction of sp³-hybridized carbons (Fsp3) is 0.320. The molecule has 1 heterocycles. The maximum absolute atomic E-state index is 12.6. The molecule has 0 aliphatic heterocycles. The Labute approximate surface area is 182 Å². The highest BCUT2D eigenvalue weighted by atomic mass is 32.2. The summed E-state index contributed by atoms with van der Waals surface area (Å²) < 4.78 is 0. The van der Waals surface area contributed by atoms with Gasteiger partial charge in [-0.3, -0.25) is 9.59 Å². The van der Waals surface area contributed by atoms with Crippen LogP contribution >= 0.6 is 11.8 Å². The van der Waals surface area contributed by atoms with E-state index in [9.17, 15) is 9.59 Å². The first-order valence-electron chi connectivity index (χ1n) is 10.4. The second-order valence-electron chi connectivity index (χ2n) is 7.54. The molecule has 1 N–H and O–H groups in total. The first kappa shape index (κ1) is 22.0. The Kier molecular flexibility index (Phi) is 7.63. The normalized spacial score (nSPS) is 10.9. The van der Waals surface area contributed by atoms with Gasteiger partial charge < -0.3 is 5.32 Å². The predicted octanol–water partition coefficient (Wildman–Crippen LogP) is 6.35. The first-order chi connectivity index (χ1) is 14.5. The zero-order valence-electron chi connectivity index (χ0n) is 17.8. The van der Waals surface area contributed by atoms with Crippen LogP contribution in [0.1, 0.15) is 54.1 Å². The largest absolute Gasteiger partial charge is 0.326 e. The fourth-order valence-corrected chi connectivity index (χ4v) is 4.19. The molecule has 3 aromatic rings. The number of Topliss-reactive ketones (excluding diaryl/α,β-unsaturated/α-hetero) is 1. The van der Waals surface area contributed by atoms with Gasteiger partial charge in [-0.05, 0) is 61.7 Å². The molecule has 0 saturated heterocycles. The Hall–Kier alpha value is -2.66. The molecule has 0 bridgehead atoms. The number of thioether (sulfide) groups is 1. The van der Waals surface area contributed by atoms with Crippen LogP contribution in [0.3, 0.4) is 0 Å². The Morgan fingerprint density at radius 2 is 1.77 bits per heavy atom. The second-order valence-corrected chi connectivity index (χ2v) is 8.54. The Morgan fingerprint density at radius 1 is 1.00 bits per heavy atom. The highest BCUT2D eigenvalue weighted by Crippen LogP contribution is 2.26. The van der Waals surface area contributed by atoms with E-state index in [2.05, 4.69) is 38.2 Å². The summed E-state index contributed by atoms with van der Waals surface area (Å²) >= 11 is 1.46. The number of aryl methyl sites for hydroxylation is 2. The number of hydrogen-bond donors (Lipinski definition) is 1. The Bertz CT molecular complexity index is 1040. The number of amides is 1. The van der Waals surface area contributed by atoms with E-state index in [1.807, 2.05) is 12.1 Å². The van der Waals surface area contributed by atoms with Crippen molar-refractivity contribution in [3.05, 3.63) is 65.2 Å². The number of rotatable bonds is 9. The highest BCUT2D eigenvalue weighted by molar-refractivity contribution is 7.99. The van der Waals surface area contributed by atoms with Gasteiger partial charge in [0.25, 0.3) is 0 Å². The lowest BCUT2D eigenvalue weighted by Crippen LogP contribution is -2.11. The van der Waals surface area contributed by atoms with E-state index in [0.29, 0.717) is 17.7 Å². The highest BCUT2D eigenvalue weighted by Gasteiger charge is 2.10. The van der Waals surface area contributed by atoms with Gasteiger partial charge in [0.05, 0.1) is 16.3 Å². The molecule has 4 nitrogen and oxygen atoms in total. The molecule has 5 heteroatoms. The molecular weight excluding hydrogens is 392 g/mol. The van der Waals surface area contributed by atoms with Crippen molar-refractivity contribution in [2.75, 3.05) is 11.1 Å². The number of para-hydroxylation sites is 1. The number of ketones is 1.